The van der Waals surface area contributed by atoms with Crippen molar-refractivity contribution in [3.05, 3.63) is 96.1 Å². The number of morpholine rings is 1. The quantitative estimate of drug-likeness (QED) is 0.189. The normalized spacial score (nSPS) is 16.1. The SMILES string of the molecule is C=C.C=CSC.CC.CC.CNC(=O)Nc1ccc(C(C)N=C2/C(=C(\C)N3CCOCC3)C=NN2c2ccc(C(N)=O)cc2)cc1.CON1CCC1=O. The number of carbonyl (C=O) groups is 3. The molecular formula is C39H60N8O5S. The summed E-state index contributed by atoms with van der Waals surface area (Å²) in [6.45, 7) is 25.3. The van der Waals surface area contributed by atoms with Crippen LogP contribution < -0.4 is 21.4 Å². The van der Waals surface area contributed by atoms with Gasteiger partial charge in [0.15, 0.2) is 5.84 Å². The lowest BCUT2D eigenvalue weighted by Crippen LogP contribution is -2.42. The fourth-order valence-corrected chi connectivity index (χ4v) is 4.53. The van der Waals surface area contributed by atoms with Gasteiger partial charge in [0.05, 0.1) is 50.4 Å². The van der Waals surface area contributed by atoms with Crippen molar-refractivity contribution in [1.82, 2.24) is 15.3 Å². The van der Waals surface area contributed by atoms with E-state index in [1.807, 2.05) is 83.5 Å². The molecular weight excluding hydrogens is 693 g/mol. The van der Waals surface area contributed by atoms with Crippen molar-refractivity contribution in [1.29, 1.82) is 0 Å². The molecule has 0 aliphatic carbocycles. The molecule has 2 saturated heterocycles. The van der Waals surface area contributed by atoms with Gasteiger partial charge in [-0.3, -0.25) is 19.4 Å². The molecule has 1 atom stereocenters. The molecule has 0 spiro atoms. The second-order valence-electron chi connectivity index (χ2n) is 10.4. The summed E-state index contributed by atoms with van der Waals surface area (Å²) in [5.41, 5.74) is 10.3. The maximum atomic E-state index is 11.6. The first kappa shape index (κ1) is 48.1. The summed E-state index contributed by atoms with van der Waals surface area (Å²) < 4.78 is 5.52. The summed E-state index contributed by atoms with van der Waals surface area (Å²) in [6, 6.07) is 14.1. The number of hydrogen-bond acceptors (Lipinski definition) is 9. The highest BCUT2D eigenvalue weighted by Gasteiger charge is 2.27. The molecule has 3 aliphatic rings. The topological polar surface area (TPSA) is 154 Å². The van der Waals surface area contributed by atoms with Crippen molar-refractivity contribution in [2.45, 2.75) is 54.0 Å². The zero-order chi connectivity index (χ0) is 40.3. The standard InChI is InChI=1S/C26H31N7O3.C4H7NO2.C3H6S.2C2H6.C2H4/c1-17(19-4-8-21(9-5-19)31-26(35)28-3)30-25-23(18(2)32-12-14-36-15-13-32)16-29-33(25)22-10-6-20(7-11-22)24(27)34;1-7-5-3-2-4(5)6;1-3-4-2;3*1-2/h4-11,16-17H,12-15H2,1-3H3,(H2,27,34)(H2,28,31,35);2-3H2,1H3;3H,1H2,2H3;2*1-2H3;1-2H2/b23-18+,30-25?;;;;;. The molecule has 0 bridgehead atoms. The number of benzene rings is 2. The Kier molecular flexibility index (Phi) is 25.1. The summed E-state index contributed by atoms with van der Waals surface area (Å²) in [4.78, 5) is 45.3. The van der Waals surface area contributed by atoms with Crippen LogP contribution in [0.5, 0.6) is 0 Å². The number of hydroxylamine groups is 2. The van der Waals surface area contributed by atoms with Crippen LogP contribution >= 0.6 is 11.8 Å². The first-order valence-electron chi connectivity index (χ1n) is 17.6. The van der Waals surface area contributed by atoms with Gasteiger partial charge >= 0.3 is 6.03 Å². The van der Waals surface area contributed by atoms with Crippen LogP contribution in [0.25, 0.3) is 0 Å². The lowest BCUT2D eigenvalue weighted by Gasteiger charge is -2.30. The monoisotopic (exact) mass is 752 g/mol. The number of carbonyl (C=O) groups excluding carboxylic acids is 3. The van der Waals surface area contributed by atoms with Gasteiger partial charge in [-0.1, -0.05) is 46.4 Å². The predicted octanol–water partition coefficient (Wildman–Crippen LogP) is 7.24. The van der Waals surface area contributed by atoms with Gasteiger partial charge in [0.25, 0.3) is 0 Å². The van der Waals surface area contributed by atoms with Crippen molar-refractivity contribution in [2.75, 3.05) is 63.6 Å². The molecule has 5 rings (SSSR count). The summed E-state index contributed by atoms with van der Waals surface area (Å²) in [5.74, 6) is 0.320. The summed E-state index contributed by atoms with van der Waals surface area (Å²) in [7, 11) is 3.07. The maximum Gasteiger partial charge on any atom is 0.318 e. The lowest BCUT2D eigenvalue weighted by molar-refractivity contribution is -0.196. The second-order valence-corrected chi connectivity index (χ2v) is 11.2. The van der Waals surface area contributed by atoms with E-state index in [1.54, 1.807) is 41.4 Å². The van der Waals surface area contributed by atoms with Crippen LogP contribution in [0, 0.1) is 0 Å². The average Bonchev–Trinajstić information content (AvgIpc) is 3.63. The zero-order valence-electron chi connectivity index (χ0n) is 33.0. The number of urea groups is 1. The Bertz CT molecular complexity index is 1490. The van der Waals surface area contributed by atoms with E-state index in [2.05, 4.69) is 52.1 Å². The number of nitrogens with two attached hydrogens (primary N) is 1. The van der Waals surface area contributed by atoms with E-state index < -0.39 is 5.91 Å². The minimum atomic E-state index is -0.480. The Labute approximate surface area is 321 Å². The minimum Gasteiger partial charge on any atom is -0.378 e. The molecule has 53 heavy (non-hydrogen) atoms. The number of aliphatic imine (C=N–C) groups is 1. The smallest absolute Gasteiger partial charge is 0.318 e. The molecule has 0 radical (unpaired) electrons. The number of β-lactam (4-membered cyclic amide) rings is 1. The molecule has 4 amide bonds. The molecule has 3 aliphatic heterocycles. The molecule has 1 unspecified atom stereocenters. The zero-order valence-corrected chi connectivity index (χ0v) is 33.8. The molecule has 2 fully saturated rings. The number of hydrazone groups is 1. The van der Waals surface area contributed by atoms with Crippen molar-refractivity contribution >= 4 is 53.0 Å². The third-order valence-electron chi connectivity index (χ3n) is 7.40. The van der Waals surface area contributed by atoms with Gasteiger partial charge in [0, 0.05) is 43.5 Å². The number of nitrogens with one attached hydrogen (secondary N) is 2. The number of hydrogen-bond donors (Lipinski definition) is 3. The Hall–Kier alpha value is -4.92. The van der Waals surface area contributed by atoms with Gasteiger partial charge in [0.1, 0.15) is 0 Å². The van der Waals surface area contributed by atoms with Crippen LogP contribution in [0.15, 0.2) is 95.0 Å². The van der Waals surface area contributed by atoms with Crippen LogP contribution in [0.2, 0.25) is 0 Å². The molecule has 4 N–H and O–H groups in total. The molecule has 0 saturated carbocycles. The first-order valence-corrected chi connectivity index (χ1v) is 18.8. The van der Waals surface area contributed by atoms with Gasteiger partial charge in [-0.25, -0.2) is 14.9 Å². The highest BCUT2D eigenvalue weighted by molar-refractivity contribution is 8.01. The fourth-order valence-electron chi connectivity index (χ4n) is 4.53. The number of ether oxygens (including phenoxy) is 1. The lowest BCUT2D eigenvalue weighted by atomic mass is 10.1. The van der Waals surface area contributed by atoms with Crippen molar-refractivity contribution in [3.8, 4) is 0 Å². The number of allylic oxidation sites excluding steroid dienone is 1. The fraction of sp³-hybridized carbons (Fsp3) is 0.410. The number of amidine groups is 1. The van der Waals surface area contributed by atoms with E-state index in [4.69, 9.17) is 15.5 Å². The third kappa shape index (κ3) is 15.7. The molecule has 13 nitrogen and oxygen atoms in total. The average molecular weight is 753 g/mol. The van der Waals surface area contributed by atoms with Crippen LogP contribution in [0.1, 0.15) is 69.9 Å². The van der Waals surface area contributed by atoms with Crippen molar-refractivity contribution in [2.24, 2.45) is 15.8 Å². The first-order chi connectivity index (χ1) is 25.6. The van der Waals surface area contributed by atoms with E-state index in [-0.39, 0.29) is 18.0 Å². The van der Waals surface area contributed by atoms with Crippen LogP contribution in [-0.2, 0) is 14.4 Å². The second kappa shape index (κ2) is 27.7. The van der Waals surface area contributed by atoms with Crippen LogP contribution in [0.3, 0.4) is 0 Å². The molecule has 14 heteroatoms. The van der Waals surface area contributed by atoms with Gasteiger partial charge in [-0.05, 0) is 67.5 Å². The Morgan fingerprint density at radius 2 is 1.60 bits per heavy atom. The molecule has 2 aromatic carbocycles. The molecule has 292 valence electrons. The number of anilines is 2. The van der Waals surface area contributed by atoms with E-state index >= 15 is 0 Å². The third-order valence-corrected chi connectivity index (χ3v) is 7.74. The van der Waals surface area contributed by atoms with Crippen molar-refractivity contribution in [3.63, 3.8) is 0 Å². The Balaban J connectivity index is 0.00000133. The van der Waals surface area contributed by atoms with Gasteiger partial charge in [-0.15, -0.1) is 24.9 Å². The van der Waals surface area contributed by atoms with Crippen LogP contribution in [0.4, 0.5) is 16.2 Å². The number of amides is 4. The van der Waals surface area contributed by atoms with Gasteiger partial charge < -0.3 is 26.0 Å². The molecule has 3 heterocycles. The highest BCUT2D eigenvalue weighted by atomic mass is 32.2. The summed E-state index contributed by atoms with van der Waals surface area (Å²) in [5, 5.41) is 14.9. The highest BCUT2D eigenvalue weighted by Crippen LogP contribution is 2.28. The number of thioether (sulfide) groups is 1. The summed E-state index contributed by atoms with van der Waals surface area (Å²) >= 11 is 1.62. The predicted molar refractivity (Wildman–Crippen MR) is 222 cm³/mol. The Morgan fingerprint density at radius 3 is 2.02 bits per heavy atom. The minimum absolute atomic E-state index is 0.0856. The maximum absolute atomic E-state index is 11.6. The Morgan fingerprint density at radius 1 is 1.04 bits per heavy atom. The van der Waals surface area contributed by atoms with E-state index in [0.717, 1.165) is 42.2 Å². The van der Waals surface area contributed by atoms with E-state index in [9.17, 15) is 14.4 Å². The molecule has 0 aromatic heterocycles. The van der Waals surface area contributed by atoms with Crippen LogP contribution in [-0.4, -0.2) is 93.1 Å². The molecule has 2 aromatic rings. The number of nitrogens with zero attached hydrogens (tertiary/aromatic N) is 5. The van der Waals surface area contributed by atoms with Gasteiger partial charge in [-0.2, -0.15) is 5.10 Å². The number of rotatable bonds is 8. The van der Waals surface area contributed by atoms with E-state index in [1.165, 1.54) is 12.2 Å². The van der Waals surface area contributed by atoms with Gasteiger partial charge in [0.2, 0.25) is 11.8 Å². The largest absolute Gasteiger partial charge is 0.378 e. The summed E-state index contributed by atoms with van der Waals surface area (Å²) in [6.07, 6.45) is 4.45. The van der Waals surface area contributed by atoms with Crippen molar-refractivity contribution < 1.29 is 24.0 Å². The van der Waals surface area contributed by atoms with E-state index in [0.29, 0.717) is 36.7 Å². The number of primary amides is 1.